The zero-order valence-electron chi connectivity index (χ0n) is 18.4. The summed E-state index contributed by atoms with van der Waals surface area (Å²) in [5.41, 5.74) is 8.23. The highest BCUT2D eigenvalue weighted by Gasteiger charge is 2.23. The number of nitrogens with two attached hydrogens (primary N) is 1. The molecule has 0 saturated carbocycles. The molecule has 0 fully saturated rings. The van der Waals surface area contributed by atoms with Crippen molar-refractivity contribution in [3.05, 3.63) is 30.9 Å². The molecule has 0 atom stereocenters. The maximum atomic E-state index is 6.11. The Balaban J connectivity index is 1.49. The van der Waals surface area contributed by atoms with E-state index in [-0.39, 0.29) is 6.79 Å². The van der Waals surface area contributed by atoms with Crippen molar-refractivity contribution in [2.45, 2.75) is 49.3 Å². The molecule has 0 amide bonds. The molecule has 1 aliphatic heterocycles. The van der Waals surface area contributed by atoms with Crippen molar-refractivity contribution in [2.24, 2.45) is 0 Å². The fourth-order valence-electron chi connectivity index (χ4n) is 3.63. The number of unbranched alkanes of at least 4 members (excludes halogenated alkanes) is 1. The van der Waals surface area contributed by atoms with Gasteiger partial charge >= 0.3 is 0 Å². The number of aryl methyl sites for hydroxylation is 1. The molecule has 172 valence electrons. The van der Waals surface area contributed by atoms with E-state index in [4.69, 9.17) is 24.6 Å². The minimum absolute atomic E-state index is 0.184. The third kappa shape index (κ3) is 4.46. The van der Waals surface area contributed by atoms with Crippen molar-refractivity contribution in [1.82, 2.24) is 29.8 Å². The summed E-state index contributed by atoms with van der Waals surface area (Å²) >= 11 is 1.49. The molecule has 3 N–H and O–H groups in total. The average Bonchev–Trinajstić information content (AvgIpc) is 3.54. The smallest absolute Gasteiger partial charge is 0.231 e. The first-order valence-corrected chi connectivity index (χ1v) is 11.6. The third-order valence-electron chi connectivity index (χ3n) is 5.23. The first kappa shape index (κ1) is 21.5. The quantitative estimate of drug-likeness (QED) is 0.352. The minimum atomic E-state index is 0.184. The molecule has 1 aromatic carbocycles. The monoisotopic (exact) mass is 467 g/mol. The van der Waals surface area contributed by atoms with Crippen molar-refractivity contribution in [1.29, 1.82) is 0 Å². The first-order valence-electron chi connectivity index (χ1n) is 10.8. The topological polar surface area (TPSA) is 126 Å². The highest BCUT2D eigenvalue weighted by Crippen LogP contribution is 2.44. The highest BCUT2D eigenvalue weighted by molar-refractivity contribution is 7.99. The number of aromatic nitrogens is 5. The number of ether oxygens (including phenoxy) is 2. The molecule has 4 heterocycles. The number of hydrogen-bond acceptors (Lipinski definition) is 10. The van der Waals surface area contributed by atoms with E-state index >= 15 is 0 Å². The van der Waals surface area contributed by atoms with Gasteiger partial charge in [-0.2, -0.15) is 0 Å². The van der Waals surface area contributed by atoms with Gasteiger partial charge in [-0.1, -0.05) is 25.6 Å². The van der Waals surface area contributed by atoms with E-state index < -0.39 is 0 Å². The van der Waals surface area contributed by atoms with Crippen molar-refractivity contribution >= 4 is 28.7 Å². The van der Waals surface area contributed by atoms with Gasteiger partial charge in [-0.15, -0.1) is 0 Å². The Labute approximate surface area is 194 Å². The van der Waals surface area contributed by atoms with E-state index in [2.05, 4.69) is 38.7 Å². The van der Waals surface area contributed by atoms with E-state index in [0.717, 1.165) is 47.2 Å². The summed E-state index contributed by atoms with van der Waals surface area (Å²) in [5, 5.41) is 4.22. The molecule has 11 heteroatoms. The Morgan fingerprint density at radius 2 is 2.00 bits per heavy atom. The first-order chi connectivity index (χ1) is 16.1. The molecule has 0 unspecified atom stereocenters. The van der Waals surface area contributed by atoms with E-state index in [1.807, 2.05) is 12.1 Å². The van der Waals surface area contributed by atoms with Gasteiger partial charge in [0.25, 0.3) is 0 Å². The summed E-state index contributed by atoms with van der Waals surface area (Å²) in [6, 6.07) is 4.28. The normalized spacial score (nSPS) is 12.8. The van der Waals surface area contributed by atoms with Gasteiger partial charge in [-0.3, -0.25) is 0 Å². The lowest BCUT2D eigenvalue weighted by atomic mass is 10.2. The van der Waals surface area contributed by atoms with Crippen molar-refractivity contribution in [3.8, 4) is 23.0 Å². The zero-order valence-corrected chi connectivity index (χ0v) is 19.3. The van der Waals surface area contributed by atoms with E-state index in [1.165, 1.54) is 18.1 Å². The standard InChI is InChI=1S/C22H25N7O3S/c1-13(2)24-5-3-4-7-29-20-18(19(23)26-11-27-20)28-22(29)33-17-10-16-15(31-12-32-16)9-14(17)21-25-6-8-30-21/h6,8-11,13,24H,3-5,7,12H2,1-2H3,(H2,23,26,27). The van der Waals surface area contributed by atoms with Crippen LogP contribution < -0.4 is 20.5 Å². The maximum absolute atomic E-state index is 6.11. The Kier molecular flexibility index (Phi) is 6.05. The van der Waals surface area contributed by atoms with Crippen LogP contribution in [0.5, 0.6) is 11.5 Å². The SMILES string of the molecule is CC(C)NCCCCn1c(Sc2cc3c(cc2-c2ncco2)OCO3)nc2c(N)ncnc21. The van der Waals surface area contributed by atoms with Gasteiger partial charge in [0.05, 0.1) is 11.8 Å². The van der Waals surface area contributed by atoms with Gasteiger partial charge in [0, 0.05) is 17.5 Å². The fourth-order valence-corrected chi connectivity index (χ4v) is 4.67. The molecule has 4 aromatic rings. The number of anilines is 1. The van der Waals surface area contributed by atoms with Gasteiger partial charge in [-0.05, 0) is 31.5 Å². The summed E-state index contributed by atoms with van der Waals surface area (Å²) < 4.78 is 18.8. The Morgan fingerprint density at radius 1 is 1.15 bits per heavy atom. The molecule has 1 aliphatic rings. The maximum Gasteiger partial charge on any atom is 0.231 e. The van der Waals surface area contributed by atoms with Gasteiger partial charge in [0.15, 0.2) is 33.6 Å². The number of benzene rings is 1. The van der Waals surface area contributed by atoms with Crippen LogP contribution in [0.3, 0.4) is 0 Å². The van der Waals surface area contributed by atoms with Crippen LogP contribution in [0.1, 0.15) is 26.7 Å². The number of fused-ring (bicyclic) bond motifs is 2. The molecular weight excluding hydrogens is 442 g/mol. The van der Waals surface area contributed by atoms with Crippen LogP contribution in [0.15, 0.2) is 45.4 Å². The van der Waals surface area contributed by atoms with Crippen molar-refractivity contribution in [3.63, 3.8) is 0 Å². The summed E-state index contributed by atoms with van der Waals surface area (Å²) in [6.45, 7) is 6.20. The van der Waals surface area contributed by atoms with Crippen LogP contribution in [0.2, 0.25) is 0 Å². The fraction of sp³-hybridized carbons (Fsp3) is 0.364. The number of hydrogen-bond donors (Lipinski definition) is 2. The lowest BCUT2D eigenvalue weighted by Gasteiger charge is -2.12. The number of rotatable bonds is 9. The van der Waals surface area contributed by atoms with Crippen molar-refractivity contribution in [2.75, 3.05) is 19.1 Å². The lowest BCUT2D eigenvalue weighted by molar-refractivity contribution is 0.174. The number of nitrogen functional groups attached to an aromatic ring is 1. The molecule has 0 saturated heterocycles. The molecular formula is C22H25N7O3S. The summed E-state index contributed by atoms with van der Waals surface area (Å²) in [6.07, 6.45) is 6.64. The van der Waals surface area contributed by atoms with Crippen molar-refractivity contribution < 1.29 is 13.9 Å². The Bertz CT molecular complexity index is 1260. The predicted octanol–water partition coefficient (Wildman–Crippen LogP) is 3.72. The van der Waals surface area contributed by atoms with Gasteiger partial charge < -0.3 is 29.5 Å². The van der Waals surface area contributed by atoms with Crippen LogP contribution in [-0.4, -0.2) is 43.9 Å². The summed E-state index contributed by atoms with van der Waals surface area (Å²) in [7, 11) is 0. The van der Waals surface area contributed by atoms with E-state index in [1.54, 1.807) is 12.5 Å². The molecule has 33 heavy (non-hydrogen) atoms. The minimum Gasteiger partial charge on any atom is -0.454 e. The number of oxazole rings is 1. The number of imidazole rings is 1. The largest absolute Gasteiger partial charge is 0.454 e. The second kappa shape index (κ2) is 9.28. The van der Waals surface area contributed by atoms with Gasteiger partial charge in [0.1, 0.15) is 12.6 Å². The van der Waals surface area contributed by atoms with Crippen LogP contribution in [0, 0.1) is 0 Å². The molecule has 5 rings (SSSR count). The number of nitrogens with one attached hydrogen (secondary N) is 1. The molecule has 3 aromatic heterocycles. The van der Waals surface area contributed by atoms with Crippen LogP contribution in [0.25, 0.3) is 22.6 Å². The lowest BCUT2D eigenvalue weighted by Crippen LogP contribution is -2.23. The Hall–Kier alpha value is -3.31. The molecule has 10 nitrogen and oxygen atoms in total. The summed E-state index contributed by atoms with van der Waals surface area (Å²) in [5.74, 6) is 2.20. The van der Waals surface area contributed by atoms with Crippen LogP contribution >= 0.6 is 11.8 Å². The Morgan fingerprint density at radius 3 is 2.79 bits per heavy atom. The predicted molar refractivity (Wildman–Crippen MR) is 124 cm³/mol. The highest BCUT2D eigenvalue weighted by atomic mass is 32.2. The summed E-state index contributed by atoms with van der Waals surface area (Å²) in [4.78, 5) is 18.6. The third-order valence-corrected chi connectivity index (χ3v) is 6.28. The second-order valence-electron chi connectivity index (χ2n) is 7.93. The zero-order chi connectivity index (χ0) is 22.8. The van der Waals surface area contributed by atoms with Crippen LogP contribution in [0.4, 0.5) is 5.82 Å². The van der Waals surface area contributed by atoms with E-state index in [0.29, 0.717) is 34.8 Å². The molecule has 0 spiro atoms. The van der Waals surface area contributed by atoms with Gasteiger partial charge in [0.2, 0.25) is 12.7 Å². The number of nitrogens with zero attached hydrogens (tertiary/aromatic N) is 5. The average molecular weight is 468 g/mol. The van der Waals surface area contributed by atoms with Gasteiger partial charge in [-0.25, -0.2) is 19.9 Å². The molecule has 0 aliphatic carbocycles. The molecule has 0 bridgehead atoms. The van der Waals surface area contributed by atoms with E-state index in [9.17, 15) is 0 Å². The molecule has 0 radical (unpaired) electrons. The second-order valence-corrected chi connectivity index (χ2v) is 8.94. The van der Waals surface area contributed by atoms with Crippen LogP contribution in [-0.2, 0) is 6.54 Å².